The summed E-state index contributed by atoms with van der Waals surface area (Å²) in [5.41, 5.74) is 2.09. The second-order valence-electron chi connectivity index (χ2n) is 2.34. The molecule has 0 saturated carbocycles. The van der Waals surface area contributed by atoms with Crippen LogP contribution in [0.25, 0.3) is 0 Å². The lowest BCUT2D eigenvalue weighted by Gasteiger charge is -2.25. The first-order valence-electron chi connectivity index (χ1n) is 2.79. The summed E-state index contributed by atoms with van der Waals surface area (Å²) in [4.78, 5) is 10.0. The lowest BCUT2D eigenvalue weighted by molar-refractivity contribution is -0.155. The lowest BCUT2D eigenvalue weighted by atomic mass is 9.98. The molecule has 66 valence electrons. The third kappa shape index (κ3) is 2.09. The number of rotatable bonds is 3. The van der Waals surface area contributed by atoms with Gasteiger partial charge in [0.05, 0.1) is 0 Å². The Bertz CT molecular complexity index is 160. The van der Waals surface area contributed by atoms with Gasteiger partial charge in [-0.2, -0.15) is 0 Å². The van der Waals surface area contributed by atoms with Gasteiger partial charge >= 0.3 is 5.97 Å². The van der Waals surface area contributed by atoms with Crippen molar-refractivity contribution in [2.45, 2.75) is 25.0 Å². The predicted molar refractivity (Wildman–Crippen MR) is 32.2 cm³/mol. The molecule has 0 bridgehead atoms. The highest BCUT2D eigenvalue weighted by Crippen LogP contribution is 2.17. The third-order valence-corrected chi connectivity index (χ3v) is 1.34. The fraction of sp³-hybridized carbons (Fsp3) is 0.800. The number of hydrogen-bond donors (Lipinski definition) is 3. The zero-order valence-corrected chi connectivity index (χ0v) is 5.79. The minimum Gasteiger partial charge on any atom is -0.480 e. The lowest BCUT2D eigenvalue weighted by Crippen LogP contribution is -2.55. The van der Waals surface area contributed by atoms with Crippen LogP contribution in [0, 0.1) is 0 Å². The van der Waals surface area contributed by atoms with E-state index in [4.69, 9.17) is 15.9 Å². The van der Waals surface area contributed by atoms with Crippen LogP contribution in [0.5, 0.6) is 0 Å². The zero-order valence-electron chi connectivity index (χ0n) is 5.79. The molecule has 0 aliphatic rings. The number of carboxylic acids is 1. The smallest absolute Gasteiger partial charge is 0.323 e. The normalized spacial score (nSPS) is 19.5. The Kier molecular flexibility index (Phi) is 2.89. The Morgan fingerprint density at radius 1 is 1.64 bits per heavy atom. The zero-order chi connectivity index (χ0) is 9.23. The second kappa shape index (κ2) is 3.10. The van der Waals surface area contributed by atoms with Gasteiger partial charge in [0.1, 0.15) is 11.6 Å². The van der Waals surface area contributed by atoms with Crippen LogP contribution in [0.1, 0.15) is 6.92 Å². The van der Waals surface area contributed by atoms with Crippen LogP contribution in [-0.2, 0) is 4.79 Å². The first-order valence-corrected chi connectivity index (χ1v) is 2.79. The number of nitrogens with two attached hydrogens (primary N) is 1. The van der Waals surface area contributed by atoms with Crippen LogP contribution in [0.15, 0.2) is 0 Å². The Hall–Kier alpha value is -0.750. The van der Waals surface area contributed by atoms with Crippen LogP contribution >= 0.6 is 0 Å². The molecule has 0 saturated heterocycles. The van der Waals surface area contributed by atoms with Gasteiger partial charge in [0.25, 0.3) is 6.43 Å². The first-order chi connectivity index (χ1) is 4.80. The largest absolute Gasteiger partial charge is 0.480 e. The Labute approximate surface area is 61.6 Å². The number of halogens is 2. The second-order valence-corrected chi connectivity index (χ2v) is 2.34. The van der Waals surface area contributed by atoms with Crippen LogP contribution in [0.3, 0.4) is 0 Å². The van der Waals surface area contributed by atoms with Gasteiger partial charge in [0.15, 0.2) is 0 Å². The van der Waals surface area contributed by atoms with Gasteiger partial charge < -0.3 is 15.9 Å². The molecule has 2 atom stereocenters. The van der Waals surface area contributed by atoms with Gasteiger partial charge in [0, 0.05) is 0 Å². The summed E-state index contributed by atoms with van der Waals surface area (Å²) in [6.45, 7) is 0.677. The topological polar surface area (TPSA) is 83.5 Å². The molecule has 0 radical (unpaired) electrons. The summed E-state index contributed by atoms with van der Waals surface area (Å²) < 4.78 is 23.7. The van der Waals surface area contributed by atoms with Crippen LogP contribution in [-0.4, -0.2) is 34.3 Å². The molecule has 1 unspecified atom stereocenters. The molecule has 0 spiro atoms. The van der Waals surface area contributed by atoms with E-state index in [2.05, 4.69) is 0 Å². The minimum atomic E-state index is -3.17. The molecular formula is C5H9F2NO3. The minimum absolute atomic E-state index is 0.677. The summed E-state index contributed by atoms with van der Waals surface area (Å²) in [6, 6.07) is -1.97. The summed E-state index contributed by atoms with van der Waals surface area (Å²) in [5.74, 6) is -1.66. The van der Waals surface area contributed by atoms with E-state index in [9.17, 15) is 13.6 Å². The van der Waals surface area contributed by atoms with E-state index in [0.717, 1.165) is 0 Å². The van der Waals surface area contributed by atoms with Crippen molar-refractivity contribution in [3.05, 3.63) is 0 Å². The molecule has 0 rings (SSSR count). The molecule has 0 amide bonds. The van der Waals surface area contributed by atoms with Crippen molar-refractivity contribution in [1.29, 1.82) is 0 Å². The van der Waals surface area contributed by atoms with Crippen molar-refractivity contribution >= 4 is 5.97 Å². The monoisotopic (exact) mass is 169 g/mol. The fourth-order valence-corrected chi connectivity index (χ4v) is 0.386. The van der Waals surface area contributed by atoms with E-state index in [0.29, 0.717) is 6.92 Å². The van der Waals surface area contributed by atoms with E-state index in [1.807, 2.05) is 0 Å². The first kappa shape index (κ1) is 10.2. The highest BCUT2D eigenvalue weighted by atomic mass is 19.3. The number of aliphatic carboxylic acids is 1. The van der Waals surface area contributed by atoms with Gasteiger partial charge in [-0.1, -0.05) is 0 Å². The maximum Gasteiger partial charge on any atom is 0.323 e. The quantitative estimate of drug-likeness (QED) is 0.527. The van der Waals surface area contributed by atoms with Gasteiger partial charge in [0.2, 0.25) is 0 Å². The number of aliphatic hydroxyl groups is 1. The van der Waals surface area contributed by atoms with Crippen molar-refractivity contribution in [2.75, 3.05) is 0 Å². The Morgan fingerprint density at radius 3 is 2.09 bits per heavy atom. The summed E-state index contributed by atoms with van der Waals surface area (Å²) in [7, 11) is 0. The van der Waals surface area contributed by atoms with Crippen molar-refractivity contribution in [2.24, 2.45) is 5.73 Å². The van der Waals surface area contributed by atoms with E-state index in [1.165, 1.54) is 0 Å². The van der Waals surface area contributed by atoms with Gasteiger partial charge in [-0.15, -0.1) is 0 Å². The Morgan fingerprint density at radius 2 is 2.00 bits per heavy atom. The van der Waals surface area contributed by atoms with Crippen molar-refractivity contribution in [1.82, 2.24) is 0 Å². The average Bonchev–Trinajstić information content (AvgIpc) is 1.85. The molecule has 0 aromatic heterocycles. The molecule has 0 aliphatic heterocycles. The van der Waals surface area contributed by atoms with E-state index in [-0.39, 0.29) is 0 Å². The molecule has 0 aromatic carbocycles. The molecule has 11 heavy (non-hydrogen) atoms. The van der Waals surface area contributed by atoms with Gasteiger partial charge in [-0.05, 0) is 6.92 Å². The summed E-state index contributed by atoms with van der Waals surface area (Å²) in [5, 5.41) is 16.9. The van der Waals surface area contributed by atoms with E-state index >= 15 is 0 Å². The molecule has 0 aliphatic carbocycles. The summed E-state index contributed by atoms with van der Waals surface area (Å²) >= 11 is 0. The third-order valence-electron chi connectivity index (χ3n) is 1.34. The van der Waals surface area contributed by atoms with Crippen molar-refractivity contribution < 1.29 is 23.8 Å². The number of carboxylic acid groups (broad SMARTS) is 1. The maximum atomic E-state index is 11.8. The molecule has 4 N–H and O–H groups in total. The van der Waals surface area contributed by atoms with Crippen LogP contribution < -0.4 is 5.73 Å². The molecule has 6 heteroatoms. The number of hydrogen-bond acceptors (Lipinski definition) is 3. The van der Waals surface area contributed by atoms with E-state index < -0.39 is 24.0 Å². The predicted octanol–water partition coefficient (Wildman–Crippen LogP) is -0.586. The highest BCUT2D eigenvalue weighted by Gasteiger charge is 2.42. The molecule has 0 heterocycles. The van der Waals surface area contributed by atoms with Crippen molar-refractivity contribution in [3.8, 4) is 0 Å². The Balaban J connectivity index is 4.41. The molecule has 4 nitrogen and oxygen atoms in total. The number of alkyl halides is 2. The van der Waals surface area contributed by atoms with Gasteiger partial charge in [-0.3, -0.25) is 4.79 Å². The average molecular weight is 169 g/mol. The van der Waals surface area contributed by atoms with E-state index in [1.54, 1.807) is 0 Å². The fourth-order valence-electron chi connectivity index (χ4n) is 0.386. The summed E-state index contributed by atoms with van der Waals surface area (Å²) in [6.07, 6.45) is -3.17. The van der Waals surface area contributed by atoms with Crippen molar-refractivity contribution in [3.63, 3.8) is 0 Å². The maximum absolute atomic E-state index is 11.8. The highest BCUT2D eigenvalue weighted by molar-refractivity contribution is 5.74. The number of carbonyl (C=O) groups is 1. The molecule has 0 aromatic rings. The molecular weight excluding hydrogens is 160 g/mol. The van der Waals surface area contributed by atoms with Gasteiger partial charge in [-0.25, -0.2) is 8.78 Å². The SMILES string of the molecule is CC(O)(C(F)F)[C@H](N)C(=O)O. The van der Waals surface area contributed by atoms with Crippen LogP contribution in [0.2, 0.25) is 0 Å². The standard InChI is InChI=1S/C5H9F2NO3/c1-5(11,4(6)7)2(8)3(9)10/h2,4,11H,8H2,1H3,(H,9,10)/t2-,5?/m1/s1. The van der Waals surface area contributed by atoms with Crippen LogP contribution in [0.4, 0.5) is 8.78 Å². The molecule has 0 fully saturated rings.